The molecule has 12 heteroatoms. The average molecular weight is 411 g/mol. The monoisotopic (exact) mass is 411 g/mol. The minimum absolute atomic E-state index is 0.0683. The van der Waals surface area contributed by atoms with Gasteiger partial charge in [-0.1, -0.05) is 18.5 Å². The molecule has 1 saturated heterocycles. The summed E-state index contributed by atoms with van der Waals surface area (Å²) in [7, 11) is 1.47. The summed E-state index contributed by atoms with van der Waals surface area (Å²) in [6.07, 6.45) is 2.28. The molecule has 3 heterocycles. The number of carbonyl (C=O) groups excluding carboxylic acids is 1. The SMILES string of the molecule is CC(C)C(=O)Nc1nc2c(ncn2C2CCC(CO[P+](=O)N(C)C)O2)c(=O)[nH]1. The zero-order valence-corrected chi connectivity index (χ0v) is 17.1. The van der Waals surface area contributed by atoms with Gasteiger partial charge in [-0.3, -0.25) is 24.5 Å². The first kappa shape index (κ1) is 20.5. The fourth-order valence-electron chi connectivity index (χ4n) is 2.73. The molecule has 152 valence electrons. The van der Waals surface area contributed by atoms with E-state index in [2.05, 4.69) is 20.3 Å². The third-order valence-electron chi connectivity index (χ3n) is 4.29. The number of aromatic nitrogens is 4. The van der Waals surface area contributed by atoms with Crippen LogP contribution in [0.5, 0.6) is 0 Å². The Kier molecular flexibility index (Phi) is 6.19. The number of anilines is 1. The molecule has 0 saturated carbocycles. The van der Waals surface area contributed by atoms with Crippen LogP contribution >= 0.6 is 8.18 Å². The van der Waals surface area contributed by atoms with Gasteiger partial charge in [-0.15, -0.1) is 4.52 Å². The summed E-state index contributed by atoms with van der Waals surface area (Å²) in [5.74, 6) is -0.435. The molecular formula is C16H24N6O5P+. The van der Waals surface area contributed by atoms with Crippen LogP contribution in [0.2, 0.25) is 0 Å². The van der Waals surface area contributed by atoms with Crippen molar-refractivity contribution >= 4 is 31.2 Å². The van der Waals surface area contributed by atoms with Crippen LogP contribution in [0.15, 0.2) is 11.1 Å². The molecular weight excluding hydrogens is 387 g/mol. The normalized spacial score (nSPS) is 20.3. The van der Waals surface area contributed by atoms with Crippen molar-refractivity contribution < 1.29 is 18.6 Å². The van der Waals surface area contributed by atoms with Gasteiger partial charge in [0, 0.05) is 20.0 Å². The fraction of sp³-hybridized carbons (Fsp3) is 0.625. The molecule has 1 fully saturated rings. The molecule has 1 aliphatic heterocycles. The van der Waals surface area contributed by atoms with Crippen LogP contribution in [0, 0.1) is 5.92 Å². The third-order valence-corrected chi connectivity index (χ3v) is 5.31. The number of fused-ring (bicyclic) bond motifs is 1. The summed E-state index contributed by atoms with van der Waals surface area (Å²) >= 11 is 0. The van der Waals surface area contributed by atoms with Crippen LogP contribution in [0.3, 0.4) is 0 Å². The van der Waals surface area contributed by atoms with E-state index in [0.29, 0.717) is 18.5 Å². The Labute approximate surface area is 162 Å². The van der Waals surface area contributed by atoms with Gasteiger partial charge in [0.15, 0.2) is 11.2 Å². The maximum absolute atomic E-state index is 12.3. The van der Waals surface area contributed by atoms with Gasteiger partial charge < -0.3 is 4.74 Å². The maximum atomic E-state index is 12.3. The van der Waals surface area contributed by atoms with E-state index in [9.17, 15) is 14.2 Å². The highest BCUT2D eigenvalue weighted by molar-refractivity contribution is 7.36. The molecule has 0 aromatic carbocycles. The van der Waals surface area contributed by atoms with Crippen LogP contribution in [-0.4, -0.2) is 56.9 Å². The summed E-state index contributed by atoms with van der Waals surface area (Å²) in [6.45, 7) is 3.70. The Hall–Kier alpha value is -2.20. The number of hydrogen-bond acceptors (Lipinski definition) is 7. The van der Waals surface area contributed by atoms with Gasteiger partial charge in [0.05, 0.1) is 12.4 Å². The van der Waals surface area contributed by atoms with Crippen molar-refractivity contribution in [1.82, 2.24) is 24.2 Å². The molecule has 3 rings (SSSR count). The number of aromatic amines is 1. The number of ether oxygens (including phenoxy) is 1. The van der Waals surface area contributed by atoms with Crippen LogP contribution in [0.25, 0.3) is 11.2 Å². The van der Waals surface area contributed by atoms with E-state index >= 15 is 0 Å². The number of rotatable bonds is 7. The first-order chi connectivity index (χ1) is 13.3. The molecule has 3 unspecified atom stereocenters. The van der Waals surface area contributed by atoms with E-state index in [0.717, 1.165) is 0 Å². The standard InChI is InChI=1S/C16H23N6O5P/c1-9(2)14(23)19-16-18-13-12(15(24)20-16)17-8-22(13)11-6-5-10(27-11)7-26-28(25)21(3)4/h8-11H,5-7H2,1-4H3,(H-,18,19,20,23,24)/p+1. The van der Waals surface area contributed by atoms with Gasteiger partial charge in [-0.05, 0) is 17.4 Å². The van der Waals surface area contributed by atoms with E-state index < -0.39 is 13.7 Å². The van der Waals surface area contributed by atoms with E-state index in [1.54, 1.807) is 32.5 Å². The second kappa shape index (κ2) is 8.44. The minimum atomic E-state index is -1.88. The second-order valence-corrected chi connectivity index (χ2v) is 8.59. The van der Waals surface area contributed by atoms with Gasteiger partial charge in [0.2, 0.25) is 11.9 Å². The molecule has 2 aromatic rings. The molecule has 0 spiro atoms. The Morgan fingerprint density at radius 3 is 2.93 bits per heavy atom. The zero-order chi connectivity index (χ0) is 20.4. The Balaban J connectivity index is 1.76. The zero-order valence-electron chi connectivity index (χ0n) is 16.2. The quantitative estimate of drug-likeness (QED) is 0.657. The molecule has 0 aliphatic carbocycles. The van der Waals surface area contributed by atoms with E-state index in [4.69, 9.17) is 9.26 Å². The molecule has 3 atom stereocenters. The number of H-pyrrole nitrogens is 1. The molecule has 0 bridgehead atoms. The van der Waals surface area contributed by atoms with Crippen LogP contribution in [0.1, 0.15) is 32.9 Å². The summed E-state index contributed by atoms with van der Waals surface area (Å²) in [5, 5.41) is 2.59. The summed E-state index contributed by atoms with van der Waals surface area (Å²) in [5.41, 5.74) is 0.0546. The van der Waals surface area contributed by atoms with Crippen molar-refractivity contribution in [1.29, 1.82) is 0 Å². The smallest absolute Gasteiger partial charge is 0.352 e. The number of imidazole rings is 1. The van der Waals surface area contributed by atoms with Crippen molar-refractivity contribution in [2.45, 2.75) is 39.0 Å². The topological polar surface area (TPSA) is 131 Å². The largest absolute Gasteiger partial charge is 0.615 e. The Morgan fingerprint density at radius 1 is 1.50 bits per heavy atom. The third kappa shape index (κ3) is 4.44. The molecule has 2 N–H and O–H groups in total. The number of nitrogens with one attached hydrogen (secondary N) is 2. The fourth-order valence-corrected chi connectivity index (χ4v) is 3.26. The lowest BCUT2D eigenvalue weighted by Crippen LogP contribution is -2.22. The number of carbonyl (C=O) groups is 1. The van der Waals surface area contributed by atoms with Crippen molar-refractivity contribution in [2.75, 3.05) is 26.0 Å². The highest BCUT2D eigenvalue weighted by atomic mass is 31.1. The molecule has 2 aromatic heterocycles. The van der Waals surface area contributed by atoms with Gasteiger partial charge in [-0.2, -0.15) is 4.98 Å². The number of nitrogens with zero attached hydrogens (tertiary/aromatic N) is 4. The number of amides is 1. The van der Waals surface area contributed by atoms with Gasteiger partial charge in [-0.25, -0.2) is 4.98 Å². The van der Waals surface area contributed by atoms with Crippen LogP contribution in [0.4, 0.5) is 5.95 Å². The Bertz CT molecular complexity index is 939. The summed E-state index contributed by atoms with van der Waals surface area (Å²) in [6, 6.07) is 0. The van der Waals surface area contributed by atoms with E-state index in [1.165, 1.54) is 11.0 Å². The van der Waals surface area contributed by atoms with E-state index in [-0.39, 0.29) is 42.2 Å². The van der Waals surface area contributed by atoms with Crippen LogP contribution < -0.4 is 10.9 Å². The van der Waals surface area contributed by atoms with Gasteiger partial charge >= 0.3 is 8.18 Å². The average Bonchev–Trinajstić information content (AvgIpc) is 3.26. The van der Waals surface area contributed by atoms with Crippen molar-refractivity contribution in [3.05, 3.63) is 16.7 Å². The van der Waals surface area contributed by atoms with Gasteiger partial charge in [0.1, 0.15) is 12.8 Å². The number of hydrogen-bond donors (Lipinski definition) is 2. The minimum Gasteiger partial charge on any atom is -0.352 e. The molecule has 28 heavy (non-hydrogen) atoms. The maximum Gasteiger partial charge on any atom is 0.615 e. The molecule has 1 aliphatic rings. The first-order valence-electron chi connectivity index (χ1n) is 8.97. The molecule has 1 amide bonds. The van der Waals surface area contributed by atoms with Gasteiger partial charge in [0.25, 0.3) is 5.56 Å². The van der Waals surface area contributed by atoms with Crippen molar-refractivity contribution in [2.24, 2.45) is 5.92 Å². The highest BCUT2D eigenvalue weighted by Gasteiger charge is 2.32. The lowest BCUT2D eigenvalue weighted by molar-refractivity contribution is -0.118. The predicted octanol–water partition coefficient (Wildman–Crippen LogP) is 1.63. The second-order valence-electron chi connectivity index (χ2n) is 7.05. The van der Waals surface area contributed by atoms with Crippen molar-refractivity contribution in [3.63, 3.8) is 0 Å². The predicted molar refractivity (Wildman–Crippen MR) is 102 cm³/mol. The molecule has 11 nitrogen and oxygen atoms in total. The first-order valence-corrected chi connectivity index (χ1v) is 10.1. The summed E-state index contributed by atoms with van der Waals surface area (Å²) < 4.78 is 26.1. The van der Waals surface area contributed by atoms with E-state index in [1.807, 2.05) is 0 Å². The van der Waals surface area contributed by atoms with Crippen molar-refractivity contribution in [3.8, 4) is 0 Å². The highest BCUT2D eigenvalue weighted by Crippen LogP contribution is 2.32. The Morgan fingerprint density at radius 2 is 2.25 bits per heavy atom. The van der Waals surface area contributed by atoms with Crippen LogP contribution in [-0.2, 0) is 18.6 Å². The lowest BCUT2D eigenvalue weighted by atomic mass is 10.2. The molecule has 0 radical (unpaired) electrons. The summed E-state index contributed by atoms with van der Waals surface area (Å²) in [4.78, 5) is 35.1. The lowest BCUT2D eigenvalue weighted by Gasteiger charge is -2.14.